The van der Waals surface area contributed by atoms with Crippen molar-refractivity contribution in [3.63, 3.8) is 0 Å². The minimum atomic E-state index is -0.113. The van der Waals surface area contributed by atoms with Gasteiger partial charge in [0, 0.05) is 23.4 Å². The summed E-state index contributed by atoms with van der Waals surface area (Å²) < 4.78 is 5.67. The number of hydrogen-bond donors (Lipinski definition) is 1. The van der Waals surface area contributed by atoms with Gasteiger partial charge in [0.2, 0.25) is 5.91 Å². The van der Waals surface area contributed by atoms with Crippen LogP contribution in [0, 0.1) is 5.41 Å². The molecule has 1 N–H and O–H groups in total. The first-order chi connectivity index (χ1) is 10.8. The second-order valence-electron chi connectivity index (χ2n) is 7.58. The van der Waals surface area contributed by atoms with E-state index in [1.165, 1.54) is 17.0 Å². The van der Waals surface area contributed by atoms with E-state index in [2.05, 4.69) is 36.0 Å². The minimum absolute atomic E-state index is 0.0155. The molecule has 6 heteroatoms. The van der Waals surface area contributed by atoms with Gasteiger partial charge in [0.1, 0.15) is 0 Å². The summed E-state index contributed by atoms with van der Waals surface area (Å²) in [4.78, 5) is 20.3. The SMILES string of the molecule is CO[C@@]1(C)C[C@@H](N(C)CC(=O)Nc2nc3c(s2)CCC3)C1(C)C. The van der Waals surface area contributed by atoms with Crippen molar-refractivity contribution in [3.8, 4) is 0 Å². The van der Waals surface area contributed by atoms with Gasteiger partial charge in [-0.3, -0.25) is 9.69 Å². The van der Waals surface area contributed by atoms with Crippen LogP contribution in [0.3, 0.4) is 0 Å². The molecule has 1 heterocycles. The van der Waals surface area contributed by atoms with Crippen molar-refractivity contribution in [2.24, 2.45) is 5.41 Å². The van der Waals surface area contributed by atoms with Crippen molar-refractivity contribution in [3.05, 3.63) is 10.6 Å². The summed E-state index contributed by atoms with van der Waals surface area (Å²) in [5, 5.41) is 3.72. The number of likely N-dealkylation sites (N-methyl/N-ethyl adjacent to an activating group) is 1. The van der Waals surface area contributed by atoms with Crippen molar-refractivity contribution in [2.45, 2.75) is 58.1 Å². The van der Waals surface area contributed by atoms with Gasteiger partial charge >= 0.3 is 0 Å². The predicted molar refractivity (Wildman–Crippen MR) is 93.0 cm³/mol. The number of nitrogens with zero attached hydrogens (tertiary/aromatic N) is 2. The summed E-state index contributed by atoms with van der Waals surface area (Å²) in [7, 11) is 3.79. The Morgan fingerprint density at radius 3 is 2.78 bits per heavy atom. The minimum Gasteiger partial charge on any atom is -0.378 e. The summed E-state index contributed by atoms with van der Waals surface area (Å²) in [5.41, 5.74) is 1.09. The number of nitrogens with one attached hydrogen (secondary N) is 1. The summed E-state index contributed by atoms with van der Waals surface area (Å²) in [5.74, 6) is 0.0155. The monoisotopic (exact) mass is 337 g/mol. The lowest BCUT2D eigenvalue weighted by Gasteiger charge is -2.61. The van der Waals surface area contributed by atoms with E-state index in [-0.39, 0.29) is 16.9 Å². The van der Waals surface area contributed by atoms with E-state index in [0.29, 0.717) is 12.6 Å². The van der Waals surface area contributed by atoms with E-state index in [4.69, 9.17) is 4.74 Å². The van der Waals surface area contributed by atoms with Gasteiger partial charge in [-0.05, 0) is 39.7 Å². The highest BCUT2D eigenvalue weighted by Gasteiger charge is 2.59. The number of fused-ring (bicyclic) bond motifs is 1. The highest BCUT2D eigenvalue weighted by molar-refractivity contribution is 7.15. The largest absolute Gasteiger partial charge is 0.378 e. The lowest BCUT2D eigenvalue weighted by molar-refractivity contribution is -0.205. The molecular weight excluding hydrogens is 310 g/mol. The Morgan fingerprint density at radius 1 is 1.43 bits per heavy atom. The lowest BCUT2D eigenvalue weighted by Crippen LogP contribution is -2.68. The number of rotatable bonds is 5. The van der Waals surface area contributed by atoms with Crippen molar-refractivity contribution >= 4 is 22.4 Å². The van der Waals surface area contributed by atoms with Crippen LogP contribution in [0.25, 0.3) is 0 Å². The van der Waals surface area contributed by atoms with Gasteiger partial charge in [-0.25, -0.2) is 4.98 Å². The third kappa shape index (κ3) is 2.81. The van der Waals surface area contributed by atoms with Gasteiger partial charge in [-0.1, -0.05) is 13.8 Å². The molecule has 2 aliphatic rings. The zero-order valence-electron chi connectivity index (χ0n) is 14.7. The quantitative estimate of drug-likeness (QED) is 0.897. The lowest BCUT2D eigenvalue weighted by atomic mass is 9.55. The molecule has 1 aromatic heterocycles. The van der Waals surface area contributed by atoms with Gasteiger partial charge in [0.25, 0.3) is 0 Å². The van der Waals surface area contributed by atoms with Crippen molar-refractivity contribution in [1.29, 1.82) is 0 Å². The topological polar surface area (TPSA) is 54.5 Å². The molecule has 1 aromatic rings. The highest BCUT2D eigenvalue weighted by atomic mass is 32.1. The zero-order chi connectivity index (χ0) is 16.8. The molecule has 1 fully saturated rings. The van der Waals surface area contributed by atoms with Crippen LogP contribution in [0.4, 0.5) is 5.13 Å². The van der Waals surface area contributed by atoms with Gasteiger partial charge in [0.05, 0.1) is 17.8 Å². The number of carbonyl (C=O) groups excluding carboxylic acids is 1. The molecule has 0 bridgehead atoms. The molecule has 0 saturated heterocycles. The van der Waals surface area contributed by atoms with Crippen molar-refractivity contribution in [2.75, 3.05) is 26.0 Å². The number of anilines is 1. The maximum atomic E-state index is 12.3. The second kappa shape index (κ2) is 5.83. The number of hydrogen-bond acceptors (Lipinski definition) is 5. The smallest absolute Gasteiger partial charge is 0.240 e. The summed E-state index contributed by atoms with van der Waals surface area (Å²) in [6.07, 6.45) is 4.30. The Kier molecular flexibility index (Phi) is 4.27. The van der Waals surface area contributed by atoms with Crippen LogP contribution in [0.1, 0.15) is 44.2 Å². The van der Waals surface area contributed by atoms with Gasteiger partial charge in [0.15, 0.2) is 5.13 Å². The Labute approximate surface area is 142 Å². The molecule has 0 aliphatic heterocycles. The van der Waals surface area contributed by atoms with E-state index in [1.807, 2.05) is 7.05 Å². The van der Waals surface area contributed by atoms with Crippen LogP contribution in [-0.4, -0.2) is 48.1 Å². The summed E-state index contributed by atoms with van der Waals surface area (Å²) >= 11 is 1.63. The van der Waals surface area contributed by atoms with Crippen LogP contribution in [0.5, 0.6) is 0 Å². The van der Waals surface area contributed by atoms with Crippen LogP contribution in [0.2, 0.25) is 0 Å². The van der Waals surface area contributed by atoms with Gasteiger partial charge in [-0.2, -0.15) is 0 Å². The number of aromatic nitrogens is 1. The first-order valence-electron chi connectivity index (χ1n) is 8.30. The van der Waals surface area contributed by atoms with E-state index in [0.717, 1.165) is 24.4 Å². The number of aryl methyl sites for hydroxylation is 2. The van der Waals surface area contributed by atoms with Gasteiger partial charge in [-0.15, -0.1) is 11.3 Å². The molecule has 23 heavy (non-hydrogen) atoms. The fourth-order valence-electron chi connectivity index (χ4n) is 3.90. The standard InChI is InChI=1S/C17H27N3O2S/c1-16(2)13(9-17(16,3)22-5)20(4)10-14(21)19-15-18-11-7-6-8-12(11)23-15/h13H,6-10H2,1-5H3,(H,18,19,21)/t13-,17+/m1/s1. The number of carbonyl (C=O) groups is 1. The number of amides is 1. The normalized spacial score (nSPS) is 28.5. The first-order valence-corrected chi connectivity index (χ1v) is 9.12. The molecule has 128 valence electrons. The maximum absolute atomic E-state index is 12.3. The molecule has 1 saturated carbocycles. The third-order valence-electron chi connectivity index (χ3n) is 6.00. The molecule has 1 amide bonds. The molecule has 2 atom stereocenters. The van der Waals surface area contributed by atoms with E-state index in [1.54, 1.807) is 18.4 Å². The molecule has 5 nitrogen and oxygen atoms in total. The first kappa shape index (κ1) is 16.9. The second-order valence-corrected chi connectivity index (χ2v) is 8.67. The number of methoxy groups -OCH3 is 1. The maximum Gasteiger partial charge on any atom is 0.240 e. The Hall–Kier alpha value is -0.980. The fourth-order valence-corrected chi connectivity index (χ4v) is 4.97. The van der Waals surface area contributed by atoms with Crippen LogP contribution < -0.4 is 5.32 Å². The summed E-state index contributed by atoms with van der Waals surface area (Å²) in [6, 6.07) is 0.347. The third-order valence-corrected chi connectivity index (χ3v) is 7.07. The van der Waals surface area contributed by atoms with Crippen LogP contribution >= 0.6 is 11.3 Å². The molecule has 3 rings (SSSR count). The highest BCUT2D eigenvalue weighted by Crippen LogP contribution is 2.53. The number of thiazole rings is 1. The summed E-state index contributed by atoms with van der Waals surface area (Å²) in [6.45, 7) is 6.96. The van der Waals surface area contributed by atoms with Crippen LogP contribution in [-0.2, 0) is 22.4 Å². The molecular formula is C17H27N3O2S. The predicted octanol–water partition coefficient (Wildman–Crippen LogP) is 2.71. The molecule has 2 aliphatic carbocycles. The molecule has 0 spiro atoms. The fraction of sp³-hybridized carbons (Fsp3) is 0.765. The average Bonchev–Trinajstić information content (AvgIpc) is 3.04. The van der Waals surface area contributed by atoms with E-state index in [9.17, 15) is 4.79 Å². The van der Waals surface area contributed by atoms with E-state index >= 15 is 0 Å². The Bertz CT molecular complexity index is 591. The zero-order valence-corrected chi connectivity index (χ0v) is 15.5. The molecule has 0 radical (unpaired) electrons. The molecule has 0 unspecified atom stereocenters. The molecule has 0 aromatic carbocycles. The van der Waals surface area contributed by atoms with Gasteiger partial charge < -0.3 is 10.1 Å². The Morgan fingerprint density at radius 2 is 2.17 bits per heavy atom. The van der Waals surface area contributed by atoms with Crippen molar-refractivity contribution in [1.82, 2.24) is 9.88 Å². The number of ether oxygens (including phenoxy) is 1. The Balaban J connectivity index is 1.56. The van der Waals surface area contributed by atoms with Crippen molar-refractivity contribution < 1.29 is 9.53 Å². The van der Waals surface area contributed by atoms with E-state index < -0.39 is 0 Å². The van der Waals surface area contributed by atoms with Crippen LogP contribution in [0.15, 0.2) is 0 Å². The average molecular weight is 337 g/mol.